The molecule has 0 fully saturated rings. The average Bonchev–Trinajstić information content (AvgIpc) is 1.96. The summed E-state index contributed by atoms with van der Waals surface area (Å²) in [7, 11) is 1.78. The van der Waals surface area contributed by atoms with Gasteiger partial charge in [0.25, 0.3) is 0 Å². The van der Waals surface area contributed by atoms with Crippen LogP contribution in [0, 0.1) is 10.8 Å². The van der Waals surface area contributed by atoms with Crippen molar-refractivity contribution in [3.8, 4) is 0 Å². The number of nitrogens with zero attached hydrogens (tertiary/aromatic N) is 1. The summed E-state index contributed by atoms with van der Waals surface area (Å²) in [5, 5.41) is 0. The van der Waals surface area contributed by atoms with Crippen LogP contribution in [0.4, 0.5) is 0 Å². The second-order valence-corrected chi connectivity index (χ2v) is 6.16. The van der Waals surface area contributed by atoms with Gasteiger partial charge in [0.1, 0.15) is 7.05 Å². The van der Waals surface area contributed by atoms with Gasteiger partial charge in [-0.3, -0.25) is 0 Å². The fourth-order valence-corrected chi connectivity index (χ4v) is 2.04. The first-order valence-electron chi connectivity index (χ1n) is 5.25. The van der Waals surface area contributed by atoms with E-state index in [-0.39, 0.29) is 0 Å². The SMILES string of the molecule is C[N+](=C=O)CCC(C)(C)CC(C)(C)C. The molecule has 2 nitrogen and oxygen atoms in total. The van der Waals surface area contributed by atoms with Crippen LogP contribution < -0.4 is 0 Å². The highest BCUT2D eigenvalue weighted by atomic mass is 16.1. The summed E-state index contributed by atoms with van der Waals surface area (Å²) in [5.74, 6) is 0. The normalized spacial score (nSPS) is 12.4. The number of hydrogen-bond donors (Lipinski definition) is 0. The molecule has 82 valence electrons. The Labute approximate surface area is 88.0 Å². The molecule has 0 radical (unpaired) electrons. The van der Waals surface area contributed by atoms with E-state index < -0.39 is 0 Å². The molecule has 0 unspecified atom stereocenters. The summed E-state index contributed by atoms with van der Waals surface area (Å²) in [5.41, 5.74) is 0.649. The van der Waals surface area contributed by atoms with E-state index in [0.29, 0.717) is 10.8 Å². The molecule has 0 aliphatic rings. The predicted molar refractivity (Wildman–Crippen MR) is 59.2 cm³/mol. The Hall–Kier alpha value is -0.620. The zero-order valence-corrected chi connectivity index (χ0v) is 10.5. The molecule has 0 amide bonds. The van der Waals surface area contributed by atoms with Crippen molar-refractivity contribution in [2.75, 3.05) is 13.6 Å². The molecule has 0 aliphatic heterocycles. The standard InChI is InChI=1S/C12H24NO/c1-11(2,3)9-12(4,5)7-8-13(6)10-14/h7-9H2,1-6H3/q+1. The van der Waals surface area contributed by atoms with Crippen LogP contribution in [0.2, 0.25) is 0 Å². The third kappa shape index (κ3) is 6.85. The van der Waals surface area contributed by atoms with Crippen molar-refractivity contribution < 1.29 is 9.37 Å². The van der Waals surface area contributed by atoms with Crippen molar-refractivity contribution >= 4 is 6.08 Å². The summed E-state index contributed by atoms with van der Waals surface area (Å²) in [6, 6.07) is 0. The van der Waals surface area contributed by atoms with E-state index in [9.17, 15) is 4.79 Å². The van der Waals surface area contributed by atoms with Crippen LogP contribution >= 0.6 is 0 Å². The molecule has 0 heterocycles. The molecular weight excluding hydrogens is 174 g/mol. The molecule has 14 heavy (non-hydrogen) atoms. The Morgan fingerprint density at radius 2 is 1.64 bits per heavy atom. The maximum atomic E-state index is 10.3. The Morgan fingerprint density at radius 3 is 2.00 bits per heavy atom. The van der Waals surface area contributed by atoms with Crippen molar-refractivity contribution in [2.45, 2.75) is 47.5 Å². The van der Waals surface area contributed by atoms with Gasteiger partial charge in [-0.2, -0.15) is 9.37 Å². The highest BCUT2D eigenvalue weighted by molar-refractivity contribution is 5.24. The molecular formula is C12H24NO+. The zero-order chi connectivity index (χ0) is 11.4. The fraction of sp³-hybridized carbons (Fsp3) is 0.917. The van der Waals surface area contributed by atoms with E-state index in [1.165, 1.54) is 6.42 Å². The van der Waals surface area contributed by atoms with Crippen LogP contribution in [0.1, 0.15) is 47.5 Å². The lowest BCUT2D eigenvalue weighted by Gasteiger charge is -2.31. The van der Waals surface area contributed by atoms with E-state index in [4.69, 9.17) is 0 Å². The minimum Gasteiger partial charge on any atom is -0.159 e. The first kappa shape index (κ1) is 13.4. The van der Waals surface area contributed by atoms with Crippen LogP contribution in [0.3, 0.4) is 0 Å². The summed E-state index contributed by atoms with van der Waals surface area (Å²) < 4.78 is 1.59. The molecule has 0 spiro atoms. The third-order valence-electron chi connectivity index (χ3n) is 2.29. The van der Waals surface area contributed by atoms with Gasteiger partial charge in [-0.1, -0.05) is 34.6 Å². The molecule has 0 saturated heterocycles. The molecule has 0 rings (SSSR count). The molecule has 0 aliphatic carbocycles. The van der Waals surface area contributed by atoms with Gasteiger partial charge >= 0.3 is 6.08 Å². The predicted octanol–water partition coefficient (Wildman–Crippen LogP) is 2.82. The van der Waals surface area contributed by atoms with Crippen molar-refractivity contribution in [3.05, 3.63) is 0 Å². The highest BCUT2D eigenvalue weighted by Gasteiger charge is 2.26. The summed E-state index contributed by atoms with van der Waals surface area (Å²) in [6.07, 6.45) is 4.09. The van der Waals surface area contributed by atoms with Gasteiger partial charge in [0, 0.05) is 6.42 Å². The molecule has 0 N–H and O–H groups in total. The van der Waals surface area contributed by atoms with Gasteiger partial charge in [0.15, 0.2) is 6.54 Å². The fourth-order valence-electron chi connectivity index (χ4n) is 2.04. The van der Waals surface area contributed by atoms with Crippen LogP contribution in [0.25, 0.3) is 0 Å². The van der Waals surface area contributed by atoms with Crippen LogP contribution in [0.5, 0.6) is 0 Å². The lowest BCUT2D eigenvalue weighted by Crippen LogP contribution is -2.24. The topological polar surface area (TPSA) is 20.1 Å². The lowest BCUT2D eigenvalue weighted by atomic mass is 9.74. The Morgan fingerprint density at radius 1 is 1.14 bits per heavy atom. The lowest BCUT2D eigenvalue weighted by molar-refractivity contribution is -0.497. The molecule has 0 bridgehead atoms. The van der Waals surface area contributed by atoms with Gasteiger partial charge < -0.3 is 0 Å². The highest BCUT2D eigenvalue weighted by Crippen LogP contribution is 2.35. The maximum absolute atomic E-state index is 10.3. The average molecular weight is 198 g/mol. The third-order valence-corrected chi connectivity index (χ3v) is 2.29. The number of isocyanates is 1. The second-order valence-electron chi connectivity index (χ2n) is 6.16. The Kier molecular flexibility index (Phi) is 4.54. The second kappa shape index (κ2) is 4.75. The minimum absolute atomic E-state index is 0.295. The van der Waals surface area contributed by atoms with Crippen LogP contribution in [-0.4, -0.2) is 24.2 Å². The smallest absolute Gasteiger partial charge is 0.159 e. The number of hydrogen-bond acceptors (Lipinski definition) is 1. The molecule has 0 aromatic rings. The largest absolute Gasteiger partial charge is 0.423 e. The van der Waals surface area contributed by atoms with Crippen molar-refractivity contribution in [1.82, 2.24) is 0 Å². The maximum Gasteiger partial charge on any atom is 0.423 e. The first-order chi connectivity index (χ1) is 6.16. The van der Waals surface area contributed by atoms with Crippen LogP contribution in [0.15, 0.2) is 0 Å². The van der Waals surface area contributed by atoms with Gasteiger partial charge in [0.05, 0.1) is 0 Å². The van der Waals surface area contributed by atoms with E-state index >= 15 is 0 Å². The van der Waals surface area contributed by atoms with E-state index in [1.54, 1.807) is 11.6 Å². The summed E-state index contributed by atoms with van der Waals surface area (Å²) in [4.78, 5) is 10.3. The zero-order valence-electron chi connectivity index (χ0n) is 10.5. The molecule has 2 heteroatoms. The Bertz CT molecular complexity index is 229. The summed E-state index contributed by atoms with van der Waals surface area (Å²) >= 11 is 0. The molecule has 0 atom stereocenters. The number of carbonyl (C=O) groups excluding carboxylic acids is 1. The van der Waals surface area contributed by atoms with E-state index in [0.717, 1.165) is 13.0 Å². The van der Waals surface area contributed by atoms with E-state index in [2.05, 4.69) is 34.6 Å². The van der Waals surface area contributed by atoms with Gasteiger partial charge in [-0.15, -0.1) is 0 Å². The summed E-state index contributed by atoms with van der Waals surface area (Å²) in [6.45, 7) is 12.1. The van der Waals surface area contributed by atoms with Crippen LogP contribution in [-0.2, 0) is 4.79 Å². The quantitative estimate of drug-likeness (QED) is 0.386. The van der Waals surface area contributed by atoms with Crippen molar-refractivity contribution in [2.24, 2.45) is 10.8 Å². The van der Waals surface area contributed by atoms with Gasteiger partial charge in [-0.25, -0.2) is 0 Å². The first-order valence-corrected chi connectivity index (χ1v) is 5.25. The molecule has 0 aromatic heterocycles. The minimum atomic E-state index is 0.295. The molecule has 0 saturated carbocycles. The Balaban J connectivity index is 4.15. The van der Waals surface area contributed by atoms with Crippen molar-refractivity contribution in [1.29, 1.82) is 0 Å². The van der Waals surface area contributed by atoms with Gasteiger partial charge in [-0.05, 0) is 17.3 Å². The molecule has 0 aromatic carbocycles. The van der Waals surface area contributed by atoms with Gasteiger partial charge in [0.2, 0.25) is 0 Å². The van der Waals surface area contributed by atoms with E-state index in [1.807, 2.05) is 6.08 Å². The van der Waals surface area contributed by atoms with Crippen molar-refractivity contribution in [3.63, 3.8) is 0 Å². The number of rotatable bonds is 4. The monoisotopic (exact) mass is 198 g/mol.